The van der Waals surface area contributed by atoms with Crippen LogP contribution in [0.2, 0.25) is 0 Å². The van der Waals surface area contributed by atoms with Gasteiger partial charge in [0.1, 0.15) is 28.2 Å². The summed E-state index contributed by atoms with van der Waals surface area (Å²) in [6.45, 7) is 52.8. The molecule has 4 heterocycles. The first-order valence-electron chi connectivity index (χ1n) is 50.8. The molecule has 0 fully saturated rings. The van der Waals surface area contributed by atoms with E-state index in [2.05, 4.69) is 0 Å². The second-order valence-electron chi connectivity index (χ2n) is 39.2. The third-order valence-corrected chi connectivity index (χ3v) is 16.8. The summed E-state index contributed by atoms with van der Waals surface area (Å²) in [5.74, 6) is 0. The van der Waals surface area contributed by atoms with E-state index in [1.165, 1.54) is 0 Å². The molecule has 0 saturated carbocycles. The number of rotatable bonds is 14. The lowest BCUT2D eigenvalue weighted by atomic mass is 9.81. The Labute approximate surface area is 702 Å². The average molecular weight is 1500 g/mol. The van der Waals surface area contributed by atoms with Crippen molar-refractivity contribution in [1.29, 1.82) is 0 Å². The molecule has 0 aliphatic heterocycles. The zero-order valence-corrected chi connectivity index (χ0v) is 73.7. The lowest BCUT2D eigenvalue weighted by Crippen LogP contribution is -2.33. The van der Waals surface area contributed by atoms with Gasteiger partial charge in [0.15, 0.2) is 24.8 Å². The van der Waals surface area contributed by atoms with E-state index in [1.807, 2.05) is 341 Å². The van der Waals surface area contributed by atoms with Crippen molar-refractivity contribution in [3.8, 4) is 56.2 Å². The predicted molar refractivity (Wildman–Crippen MR) is 475 cm³/mol. The molecule has 0 spiro atoms. The molecule has 0 unspecified atom stereocenters. The molecule has 9 rings (SSSR count). The largest absolute Gasteiger partial charge is 0.212 e. The minimum atomic E-state index is -2.31. The Morgan fingerprint density at radius 1 is 0.248 bits per heavy atom. The van der Waals surface area contributed by atoms with Crippen LogP contribution in [0.3, 0.4) is 0 Å². The first-order chi connectivity index (χ1) is 59.1. The van der Waals surface area contributed by atoms with Gasteiger partial charge in [0.25, 0.3) is 0 Å². The van der Waals surface area contributed by atoms with Crippen molar-refractivity contribution in [2.24, 2.45) is 76.9 Å². The summed E-state index contributed by atoms with van der Waals surface area (Å²) in [5, 5.41) is 0. The molecule has 109 heavy (non-hydrogen) atoms. The average Bonchev–Trinajstić information content (AvgIpc) is 0.742. The number of nitrogens with zero attached hydrogens (tertiary/aromatic N) is 4. The minimum Gasteiger partial charge on any atom is -0.201 e. The topological polar surface area (TPSA) is 15.5 Å². The third-order valence-electron chi connectivity index (χ3n) is 16.8. The Morgan fingerprint density at radius 3 is 0.853 bits per heavy atom. The lowest BCUT2D eigenvalue weighted by Gasteiger charge is -2.24. The van der Waals surface area contributed by atoms with E-state index in [9.17, 15) is 0 Å². The van der Waals surface area contributed by atoms with E-state index < -0.39 is 120 Å². The van der Waals surface area contributed by atoms with Crippen molar-refractivity contribution >= 4 is 0 Å². The smallest absolute Gasteiger partial charge is 0.201 e. The summed E-state index contributed by atoms with van der Waals surface area (Å²) in [5.41, 5.74) is 8.82. The van der Waals surface area contributed by atoms with Gasteiger partial charge in [-0.05, 0) is 239 Å². The van der Waals surface area contributed by atoms with Crippen molar-refractivity contribution < 1.29 is 51.2 Å². The predicted octanol–water partition coefficient (Wildman–Crippen LogP) is 26.5. The molecule has 0 aliphatic carbocycles. The van der Waals surface area contributed by atoms with Crippen molar-refractivity contribution in [1.82, 2.24) is 0 Å². The number of aromatic nitrogens is 4. The van der Waals surface area contributed by atoms with E-state index in [4.69, 9.17) is 32.9 Å². The lowest BCUT2D eigenvalue weighted by molar-refractivity contribution is -0.661. The number of aryl methyl sites for hydroxylation is 10. The fourth-order valence-corrected chi connectivity index (χ4v) is 12.8. The van der Waals surface area contributed by atoms with E-state index in [0.717, 1.165) is 61.5 Å². The van der Waals surface area contributed by atoms with Crippen LogP contribution in [-0.4, -0.2) is 0 Å². The Morgan fingerprint density at radius 2 is 0.541 bits per heavy atom. The molecular formula is C105H154N4+4. The van der Waals surface area contributed by atoms with Gasteiger partial charge in [0.05, 0.1) is 0 Å². The highest BCUT2D eigenvalue weighted by Crippen LogP contribution is 2.38. The highest BCUT2D eigenvalue weighted by atomic mass is 14.9. The molecule has 0 bridgehead atoms. The maximum absolute atomic E-state index is 9.14. The quantitative estimate of drug-likeness (QED) is 0.0965. The van der Waals surface area contributed by atoms with Crippen LogP contribution in [0.1, 0.15) is 303 Å². The van der Waals surface area contributed by atoms with Gasteiger partial charge in [-0.3, -0.25) is 0 Å². The third kappa shape index (κ3) is 29.4. The van der Waals surface area contributed by atoms with Crippen LogP contribution >= 0.6 is 0 Å². The van der Waals surface area contributed by atoms with Gasteiger partial charge in [0, 0.05) is 102 Å². The molecule has 4 heteroatoms. The molecule has 9 aromatic rings. The Kier molecular flexibility index (Phi) is 19.7. The van der Waals surface area contributed by atoms with E-state index in [0.29, 0.717) is 67.0 Å². The van der Waals surface area contributed by atoms with Gasteiger partial charge in [-0.25, -0.2) is 18.3 Å². The fourth-order valence-electron chi connectivity index (χ4n) is 12.8. The molecule has 4 nitrogen and oxygen atoms in total. The monoisotopic (exact) mass is 1500 g/mol. The van der Waals surface area contributed by atoms with Gasteiger partial charge in [-0.15, -0.1) is 0 Å². The van der Waals surface area contributed by atoms with Crippen LogP contribution in [0.25, 0.3) is 56.2 Å². The molecule has 0 amide bonds. The second kappa shape index (κ2) is 35.6. The van der Waals surface area contributed by atoms with Crippen LogP contribution in [-0.2, 0) is 85.5 Å². The Balaban J connectivity index is 0.000000274. The normalized spacial score (nSPS) is 17.3. The summed E-state index contributed by atoms with van der Waals surface area (Å²) >= 11 is 0. The van der Waals surface area contributed by atoms with Gasteiger partial charge in [0.2, 0.25) is 22.8 Å². The zero-order valence-electron chi connectivity index (χ0n) is 97.7. The summed E-state index contributed by atoms with van der Waals surface area (Å²) in [6.07, 6.45) is -8.79. The van der Waals surface area contributed by atoms with Crippen LogP contribution in [0, 0.1) is 90.1 Å². The van der Waals surface area contributed by atoms with Crippen molar-refractivity contribution in [2.75, 3.05) is 0 Å². The van der Waals surface area contributed by atoms with Crippen LogP contribution in [0.15, 0.2) is 152 Å². The summed E-state index contributed by atoms with van der Waals surface area (Å²) < 4.78 is 216. The van der Waals surface area contributed by atoms with Crippen LogP contribution < -0.4 is 18.3 Å². The van der Waals surface area contributed by atoms with Gasteiger partial charge >= 0.3 is 0 Å². The summed E-state index contributed by atoms with van der Waals surface area (Å²) in [4.78, 5) is 0. The molecule has 0 N–H and O–H groups in total. The van der Waals surface area contributed by atoms with Crippen molar-refractivity contribution in [3.05, 3.63) is 236 Å². The maximum atomic E-state index is 9.14. The number of hydrogen-bond donors (Lipinski definition) is 0. The van der Waals surface area contributed by atoms with E-state index >= 15 is 0 Å². The molecular weight excluding hydrogens is 1320 g/mol. The minimum absolute atomic E-state index is 0.257. The number of benzene rings is 5. The van der Waals surface area contributed by atoms with Gasteiger partial charge < -0.3 is 0 Å². The zero-order chi connectivity index (χ0) is 103. The van der Waals surface area contributed by atoms with Gasteiger partial charge in [-0.2, -0.15) is 0 Å². The van der Waals surface area contributed by atoms with E-state index in [1.54, 1.807) is 71.8 Å². The summed E-state index contributed by atoms with van der Waals surface area (Å²) in [6, 6.07) is 38.7. The highest BCUT2D eigenvalue weighted by Gasteiger charge is 2.30. The molecule has 0 radical (unpaired) electrons. The van der Waals surface area contributed by atoms with Crippen molar-refractivity contribution in [3.63, 3.8) is 0 Å². The maximum Gasteiger partial charge on any atom is 0.212 e. The molecule has 4 aromatic heterocycles. The fraction of sp³-hybridized carbons (Fsp3) is 0.524. The first kappa shape index (κ1) is 60.4. The SMILES string of the molecule is [2H]C([2H])([2H])c1cc(C)c(-c2cc(C([2H])([2H])C(C)(C)C)c(C([2H])([2H])C(C)(C)C)c[n+]2C)cc1-c1ccccc1.[2H]C([2H])([2H])c1ccc(-c2cc(C([2H])([2H])C(C)(C)C)c(C([2H])([2H])C(C)(C)C)c[n+]2C)c(C)c1.[2H]C([2H])(c1cc(-c2ccccc2C)[n+](C)cc1C([2H])([2H])C(C)(C)C)C(C)(C)C.[2H]C([2H])(c1ccc(-c2cc(C([2H])([2H])C(C)(C)C)c(C([2H])([2H])C(C)(C)C)c[n+]2C)c(C)c1)C(C)(C)C. The second-order valence-corrected chi connectivity index (χ2v) is 39.2. The highest BCUT2D eigenvalue weighted by molar-refractivity contribution is 5.76. The van der Waals surface area contributed by atoms with E-state index in [-0.39, 0.29) is 11.1 Å². The van der Waals surface area contributed by atoms with Crippen LogP contribution in [0.5, 0.6) is 0 Å². The number of pyridine rings is 4. The number of hydrogen-bond acceptors (Lipinski definition) is 0. The molecule has 0 atom stereocenters. The molecule has 0 saturated heterocycles. The molecule has 5 aromatic carbocycles. The van der Waals surface area contributed by atoms with Crippen LogP contribution in [0.4, 0.5) is 0 Å². The van der Waals surface area contributed by atoms with Gasteiger partial charge in [-0.1, -0.05) is 271 Å². The Bertz CT molecular complexity index is 5690. The molecule has 590 valence electrons. The molecule has 0 aliphatic rings. The standard InChI is InChI=1S/C30H40N.C28H44N.C24H36N.C23H34N/c1-21-15-22(2)27(17-26(21)23-13-11-10-12-14-23)28-16-24(18-29(3,4)5)25(20-31(28)9)19-30(6,7)8;1-20-14-21(16-26(2,3)4)12-13-24(20)25-15-22(17-27(5,6)7)23(19-29(25)11)18-28(8,9)10;1-17-10-11-21(18(2)12-17)22-13-19(14-23(3,4)5)20(16-25(22)9)15-24(6,7)8;1-17-11-9-10-12-20(17)21-13-18(14-22(2,3)4)19(16-24(21)8)15-23(5,6)7/h10-17,20H,18-19H2,1-9H3;12-15,19H,16-18H2,1-11H3;10-13,16H,14-15H2,1-9H3;9-13,16H,14-15H2,1-8H3/q4*+1/i1D3,18D2,19D2;16D2,17D2,18D2;1D3,14D2,15D2;14D2,15D2. The summed E-state index contributed by atoms with van der Waals surface area (Å²) in [7, 11) is 7.40. The van der Waals surface area contributed by atoms with Crippen molar-refractivity contribution in [2.45, 2.75) is 286 Å². The first-order valence-corrected chi connectivity index (χ1v) is 38.8. The Hall–Kier alpha value is -7.30.